The number of nitrogens with zero attached hydrogens (tertiary/aromatic N) is 1. The summed E-state index contributed by atoms with van der Waals surface area (Å²) in [6.45, 7) is 0.681. The lowest BCUT2D eigenvalue weighted by Gasteiger charge is -2.17. The van der Waals surface area contributed by atoms with Gasteiger partial charge in [0.25, 0.3) is 11.8 Å². The van der Waals surface area contributed by atoms with Crippen LogP contribution in [-0.2, 0) is 6.42 Å². The Balaban J connectivity index is 1.49. The Kier molecular flexibility index (Phi) is 5.60. The van der Waals surface area contributed by atoms with Crippen molar-refractivity contribution < 1.29 is 9.59 Å². The highest BCUT2D eigenvalue weighted by Gasteiger charge is 2.25. The summed E-state index contributed by atoms with van der Waals surface area (Å²) >= 11 is 7.72. The molecule has 0 bridgehead atoms. The fourth-order valence-electron chi connectivity index (χ4n) is 3.40. The van der Waals surface area contributed by atoms with Crippen molar-refractivity contribution >= 4 is 46.6 Å². The number of benzene rings is 3. The van der Waals surface area contributed by atoms with E-state index in [0.29, 0.717) is 28.4 Å². The van der Waals surface area contributed by atoms with Crippen molar-refractivity contribution in [1.82, 2.24) is 0 Å². The number of carbonyl (C=O) groups excluding carboxylic acids is 2. The molecule has 146 valence electrons. The number of carbonyl (C=O) groups is 2. The molecule has 0 saturated carbocycles. The summed E-state index contributed by atoms with van der Waals surface area (Å²) in [6, 6.07) is 20.3. The van der Waals surface area contributed by atoms with Gasteiger partial charge in [0.1, 0.15) is 0 Å². The monoisotopic (exact) mass is 422 g/mol. The molecule has 3 aromatic rings. The molecule has 4 nitrogen and oxygen atoms in total. The van der Waals surface area contributed by atoms with Crippen molar-refractivity contribution in [3.8, 4) is 0 Å². The molecule has 0 aromatic heterocycles. The standard InChI is InChI=1S/C23H19ClN2O2S/c1-29-18-10-11-20(24)19(14-18)22(27)25-17-8-6-16(7-9-17)23(28)26-13-12-15-4-2-3-5-21(15)26/h2-11,14H,12-13H2,1H3,(H,25,27). The van der Waals surface area contributed by atoms with Crippen LogP contribution in [0, 0.1) is 0 Å². The van der Waals surface area contributed by atoms with E-state index >= 15 is 0 Å². The average molecular weight is 423 g/mol. The Morgan fingerprint density at radius 1 is 1.03 bits per heavy atom. The fourth-order valence-corrected chi connectivity index (χ4v) is 4.05. The van der Waals surface area contributed by atoms with Gasteiger partial charge in [0, 0.05) is 28.4 Å². The lowest BCUT2D eigenvalue weighted by molar-refractivity contribution is 0.0988. The zero-order chi connectivity index (χ0) is 20.4. The molecular formula is C23H19ClN2O2S. The van der Waals surface area contributed by atoms with Crippen LogP contribution in [0.25, 0.3) is 0 Å². The molecule has 1 aliphatic rings. The number of thioether (sulfide) groups is 1. The van der Waals surface area contributed by atoms with Gasteiger partial charge in [-0.1, -0.05) is 29.8 Å². The van der Waals surface area contributed by atoms with Gasteiger partial charge in [-0.2, -0.15) is 0 Å². The van der Waals surface area contributed by atoms with Gasteiger partial charge >= 0.3 is 0 Å². The molecule has 29 heavy (non-hydrogen) atoms. The van der Waals surface area contributed by atoms with Crippen LogP contribution in [0.5, 0.6) is 0 Å². The van der Waals surface area contributed by atoms with Crippen LogP contribution in [0.1, 0.15) is 26.3 Å². The Bertz CT molecular complexity index is 1080. The highest BCUT2D eigenvalue weighted by molar-refractivity contribution is 7.98. The van der Waals surface area contributed by atoms with E-state index in [2.05, 4.69) is 11.4 Å². The number of halogens is 1. The van der Waals surface area contributed by atoms with Gasteiger partial charge in [-0.3, -0.25) is 9.59 Å². The maximum absolute atomic E-state index is 12.9. The molecule has 1 N–H and O–H groups in total. The molecule has 1 heterocycles. The van der Waals surface area contributed by atoms with Gasteiger partial charge in [0.15, 0.2) is 0 Å². The molecule has 6 heteroatoms. The minimum Gasteiger partial charge on any atom is -0.322 e. The largest absolute Gasteiger partial charge is 0.322 e. The molecule has 3 aromatic carbocycles. The van der Waals surface area contributed by atoms with Crippen molar-refractivity contribution in [2.75, 3.05) is 23.0 Å². The molecule has 1 aliphatic heterocycles. The van der Waals surface area contributed by atoms with E-state index in [4.69, 9.17) is 11.6 Å². The Labute approximate surface area is 178 Å². The van der Waals surface area contributed by atoms with Gasteiger partial charge in [0.05, 0.1) is 10.6 Å². The van der Waals surface area contributed by atoms with E-state index in [-0.39, 0.29) is 11.8 Å². The molecule has 0 fully saturated rings. The van der Waals surface area contributed by atoms with Crippen LogP contribution in [0.4, 0.5) is 11.4 Å². The maximum Gasteiger partial charge on any atom is 0.258 e. The summed E-state index contributed by atoms with van der Waals surface area (Å²) < 4.78 is 0. The number of hydrogen-bond donors (Lipinski definition) is 1. The number of amides is 2. The van der Waals surface area contributed by atoms with Crippen LogP contribution in [0.2, 0.25) is 5.02 Å². The second-order valence-corrected chi connectivity index (χ2v) is 8.00. The predicted molar refractivity (Wildman–Crippen MR) is 119 cm³/mol. The lowest BCUT2D eigenvalue weighted by Crippen LogP contribution is -2.28. The summed E-state index contributed by atoms with van der Waals surface area (Å²) in [5.74, 6) is -0.318. The first-order valence-electron chi connectivity index (χ1n) is 9.21. The van der Waals surface area contributed by atoms with Crippen molar-refractivity contribution in [2.24, 2.45) is 0 Å². The van der Waals surface area contributed by atoms with Crippen molar-refractivity contribution in [2.45, 2.75) is 11.3 Å². The van der Waals surface area contributed by atoms with Gasteiger partial charge in [-0.05, 0) is 66.8 Å². The average Bonchev–Trinajstić information content (AvgIpc) is 3.18. The van der Waals surface area contributed by atoms with Crippen molar-refractivity contribution in [1.29, 1.82) is 0 Å². The molecule has 0 radical (unpaired) electrons. The zero-order valence-electron chi connectivity index (χ0n) is 15.8. The minimum absolute atomic E-state index is 0.0384. The van der Waals surface area contributed by atoms with Crippen LogP contribution in [-0.4, -0.2) is 24.6 Å². The molecule has 2 amide bonds. The van der Waals surface area contributed by atoms with E-state index in [1.165, 1.54) is 5.56 Å². The van der Waals surface area contributed by atoms with E-state index in [9.17, 15) is 9.59 Å². The number of para-hydroxylation sites is 1. The predicted octanol–water partition coefficient (Wildman–Crippen LogP) is 5.52. The summed E-state index contributed by atoms with van der Waals surface area (Å²) in [5.41, 5.74) is 3.78. The SMILES string of the molecule is CSc1ccc(Cl)c(C(=O)Nc2ccc(C(=O)N3CCc4ccccc43)cc2)c1. The van der Waals surface area contributed by atoms with Crippen LogP contribution in [0.15, 0.2) is 71.6 Å². The molecule has 4 rings (SSSR count). The summed E-state index contributed by atoms with van der Waals surface area (Å²) in [4.78, 5) is 28.3. The third-order valence-electron chi connectivity index (χ3n) is 4.94. The van der Waals surface area contributed by atoms with Crippen LogP contribution in [0.3, 0.4) is 0 Å². The van der Waals surface area contributed by atoms with E-state index < -0.39 is 0 Å². The van der Waals surface area contributed by atoms with E-state index in [1.54, 1.807) is 53.1 Å². The highest BCUT2D eigenvalue weighted by atomic mass is 35.5. The Morgan fingerprint density at radius 2 is 1.79 bits per heavy atom. The third-order valence-corrected chi connectivity index (χ3v) is 6.00. The quantitative estimate of drug-likeness (QED) is 0.563. The molecule has 0 unspecified atom stereocenters. The molecule has 0 saturated heterocycles. The minimum atomic E-state index is -0.279. The van der Waals surface area contributed by atoms with Crippen LogP contribution >= 0.6 is 23.4 Å². The number of nitrogens with one attached hydrogen (secondary N) is 1. The molecule has 0 aliphatic carbocycles. The normalized spacial score (nSPS) is 12.6. The zero-order valence-corrected chi connectivity index (χ0v) is 17.4. The first-order chi connectivity index (χ1) is 14.1. The van der Waals surface area contributed by atoms with Gasteiger partial charge in [-0.25, -0.2) is 0 Å². The topological polar surface area (TPSA) is 49.4 Å². The summed E-state index contributed by atoms with van der Waals surface area (Å²) in [7, 11) is 0. The second-order valence-electron chi connectivity index (χ2n) is 6.71. The van der Waals surface area contributed by atoms with Crippen LogP contribution < -0.4 is 10.2 Å². The van der Waals surface area contributed by atoms with Gasteiger partial charge < -0.3 is 10.2 Å². The molecule has 0 spiro atoms. The number of anilines is 2. The first kappa shape index (κ1) is 19.6. The molecule has 0 atom stereocenters. The number of rotatable bonds is 4. The maximum atomic E-state index is 12.9. The third kappa shape index (κ3) is 4.02. The van der Waals surface area contributed by atoms with E-state index in [0.717, 1.165) is 17.0 Å². The van der Waals surface area contributed by atoms with Crippen molar-refractivity contribution in [3.05, 3.63) is 88.4 Å². The molecular weight excluding hydrogens is 404 g/mol. The summed E-state index contributed by atoms with van der Waals surface area (Å²) in [5, 5.41) is 3.25. The smallest absolute Gasteiger partial charge is 0.258 e. The van der Waals surface area contributed by atoms with Gasteiger partial charge in [-0.15, -0.1) is 11.8 Å². The lowest BCUT2D eigenvalue weighted by atomic mass is 10.1. The Hall–Kier alpha value is -2.76. The number of fused-ring (bicyclic) bond motifs is 1. The fraction of sp³-hybridized carbons (Fsp3) is 0.130. The van der Waals surface area contributed by atoms with Crippen molar-refractivity contribution in [3.63, 3.8) is 0 Å². The Morgan fingerprint density at radius 3 is 2.55 bits per heavy atom. The first-order valence-corrected chi connectivity index (χ1v) is 10.8. The van der Waals surface area contributed by atoms with Gasteiger partial charge in [0.2, 0.25) is 0 Å². The second kappa shape index (κ2) is 8.31. The summed E-state index contributed by atoms with van der Waals surface area (Å²) in [6.07, 6.45) is 2.81. The number of hydrogen-bond acceptors (Lipinski definition) is 3. The highest BCUT2D eigenvalue weighted by Crippen LogP contribution is 2.29. The van der Waals surface area contributed by atoms with E-state index in [1.807, 2.05) is 30.5 Å².